The standard InChI is InChI=1S/C17H18N2O3S/c20-15-12-7-3-4-8-13(12)18-17(19(15)11-5-1-2-6-11)23-14-9-10-22-16(14)21/h3-4,7-8,11,14H,1-2,5-6,9-10H2/t14-/m0/s1. The predicted molar refractivity (Wildman–Crippen MR) is 88.7 cm³/mol. The molecular formula is C17H18N2O3S. The first-order valence-corrected chi connectivity index (χ1v) is 8.96. The van der Waals surface area contributed by atoms with E-state index in [0.717, 1.165) is 25.7 Å². The number of thioether (sulfide) groups is 1. The lowest BCUT2D eigenvalue weighted by molar-refractivity contribution is -0.137. The van der Waals surface area contributed by atoms with Crippen molar-refractivity contribution >= 4 is 28.6 Å². The molecule has 1 saturated carbocycles. The number of carbonyl (C=O) groups is 1. The van der Waals surface area contributed by atoms with E-state index in [4.69, 9.17) is 9.72 Å². The van der Waals surface area contributed by atoms with E-state index >= 15 is 0 Å². The van der Waals surface area contributed by atoms with Crippen LogP contribution in [-0.2, 0) is 9.53 Å². The minimum Gasteiger partial charge on any atom is -0.465 e. The van der Waals surface area contributed by atoms with Crippen LogP contribution in [0, 0.1) is 0 Å². The number of cyclic esters (lactones) is 1. The molecule has 6 heteroatoms. The Morgan fingerprint density at radius 3 is 2.65 bits per heavy atom. The van der Waals surface area contributed by atoms with Gasteiger partial charge in [0.2, 0.25) is 0 Å². The van der Waals surface area contributed by atoms with Crippen LogP contribution >= 0.6 is 11.8 Å². The van der Waals surface area contributed by atoms with Gasteiger partial charge in [0.15, 0.2) is 5.16 Å². The van der Waals surface area contributed by atoms with Crippen LogP contribution in [0.2, 0.25) is 0 Å². The van der Waals surface area contributed by atoms with Crippen LogP contribution < -0.4 is 5.56 Å². The van der Waals surface area contributed by atoms with Gasteiger partial charge in [0.1, 0.15) is 5.25 Å². The number of carbonyl (C=O) groups excluding carboxylic acids is 1. The summed E-state index contributed by atoms with van der Waals surface area (Å²) < 4.78 is 6.87. The molecule has 1 aromatic carbocycles. The number of rotatable bonds is 3. The molecule has 0 bridgehead atoms. The van der Waals surface area contributed by atoms with Crippen molar-refractivity contribution < 1.29 is 9.53 Å². The smallest absolute Gasteiger partial charge is 0.319 e. The van der Waals surface area contributed by atoms with Crippen LogP contribution in [0.1, 0.15) is 38.1 Å². The molecule has 4 rings (SSSR count). The Morgan fingerprint density at radius 2 is 1.91 bits per heavy atom. The van der Waals surface area contributed by atoms with Crippen molar-refractivity contribution in [3.8, 4) is 0 Å². The zero-order valence-corrected chi connectivity index (χ0v) is 13.6. The van der Waals surface area contributed by atoms with Gasteiger partial charge in [-0.1, -0.05) is 36.7 Å². The number of benzene rings is 1. The second-order valence-corrected chi connectivity index (χ2v) is 7.26. The highest BCUT2D eigenvalue weighted by Gasteiger charge is 2.31. The van der Waals surface area contributed by atoms with Crippen LogP contribution in [-0.4, -0.2) is 27.4 Å². The van der Waals surface area contributed by atoms with Crippen molar-refractivity contribution in [1.82, 2.24) is 9.55 Å². The van der Waals surface area contributed by atoms with Crippen molar-refractivity contribution in [3.05, 3.63) is 34.6 Å². The molecule has 2 aliphatic rings. The molecular weight excluding hydrogens is 312 g/mol. The Morgan fingerprint density at radius 1 is 1.13 bits per heavy atom. The van der Waals surface area contributed by atoms with Gasteiger partial charge in [0.05, 0.1) is 17.5 Å². The molecule has 0 radical (unpaired) electrons. The van der Waals surface area contributed by atoms with E-state index in [9.17, 15) is 9.59 Å². The molecule has 23 heavy (non-hydrogen) atoms. The number of esters is 1. The van der Waals surface area contributed by atoms with E-state index in [1.165, 1.54) is 11.8 Å². The molecule has 1 aromatic heterocycles. The monoisotopic (exact) mass is 330 g/mol. The summed E-state index contributed by atoms with van der Waals surface area (Å²) in [5.74, 6) is -0.199. The topological polar surface area (TPSA) is 61.2 Å². The second-order valence-electron chi connectivity index (χ2n) is 6.09. The quantitative estimate of drug-likeness (QED) is 0.640. The van der Waals surface area contributed by atoms with Gasteiger partial charge in [-0.05, 0) is 25.0 Å². The number of nitrogens with zero attached hydrogens (tertiary/aromatic N) is 2. The first-order chi connectivity index (χ1) is 11.2. The largest absolute Gasteiger partial charge is 0.465 e. The van der Waals surface area contributed by atoms with Crippen molar-refractivity contribution in [2.45, 2.75) is 48.6 Å². The summed E-state index contributed by atoms with van der Waals surface area (Å²) in [7, 11) is 0. The van der Waals surface area contributed by atoms with Crippen LogP contribution in [0.15, 0.2) is 34.2 Å². The lowest BCUT2D eigenvalue weighted by Gasteiger charge is -2.19. The maximum atomic E-state index is 13.0. The Bertz CT molecular complexity index is 811. The molecule has 2 fully saturated rings. The minimum absolute atomic E-state index is 0.0105. The van der Waals surface area contributed by atoms with Crippen molar-refractivity contribution in [3.63, 3.8) is 0 Å². The minimum atomic E-state index is -0.254. The van der Waals surface area contributed by atoms with E-state index in [1.807, 2.05) is 28.8 Å². The van der Waals surface area contributed by atoms with Gasteiger partial charge in [0, 0.05) is 12.5 Å². The number of fused-ring (bicyclic) bond motifs is 1. The molecule has 0 spiro atoms. The molecule has 1 saturated heterocycles. The molecule has 1 atom stereocenters. The van der Waals surface area contributed by atoms with E-state index in [0.29, 0.717) is 29.1 Å². The summed E-state index contributed by atoms with van der Waals surface area (Å²) in [5, 5.41) is 1.05. The number of hydrogen-bond acceptors (Lipinski definition) is 5. The van der Waals surface area contributed by atoms with E-state index in [-0.39, 0.29) is 22.8 Å². The summed E-state index contributed by atoms with van der Waals surface area (Å²) in [5.41, 5.74) is 0.706. The summed E-state index contributed by atoms with van der Waals surface area (Å²) in [4.78, 5) is 29.5. The van der Waals surface area contributed by atoms with Gasteiger partial charge in [-0.3, -0.25) is 14.2 Å². The fourth-order valence-electron chi connectivity index (χ4n) is 3.40. The second kappa shape index (κ2) is 6.00. The Labute approximate surface area is 138 Å². The molecule has 0 amide bonds. The van der Waals surface area contributed by atoms with Gasteiger partial charge in [-0.2, -0.15) is 0 Å². The van der Waals surface area contributed by atoms with E-state index in [2.05, 4.69) is 0 Å². The Hall–Kier alpha value is -1.82. The van der Waals surface area contributed by atoms with Gasteiger partial charge in [-0.15, -0.1) is 0 Å². The van der Waals surface area contributed by atoms with Crippen LogP contribution in [0.4, 0.5) is 0 Å². The average molecular weight is 330 g/mol. The lowest BCUT2D eigenvalue weighted by atomic mass is 10.2. The summed E-state index contributed by atoms with van der Waals surface area (Å²) >= 11 is 1.38. The van der Waals surface area contributed by atoms with Crippen LogP contribution in [0.5, 0.6) is 0 Å². The maximum Gasteiger partial charge on any atom is 0.319 e. The summed E-state index contributed by atoms with van der Waals surface area (Å²) in [6.45, 7) is 0.456. The highest BCUT2D eigenvalue weighted by Crippen LogP contribution is 2.35. The number of para-hydroxylation sites is 1. The van der Waals surface area contributed by atoms with E-state index in [1.54, 1.807) is 0 Å². The van der Waals surface area contributed by atoms with Crippen LogP contribution in [0.25, 0.3) is 10.9 Å². The first kappa shape index (κ1) is 14.8. The van der Waals surface area contributed by atoms with Gasteiger partial charge in [-0.25, -0.2) is 4.98 Å². The number of ether oxygens (including phenoxy) is 1. The Kier molecular flexibility index (Phi) is 3.85. The summed E-state index contributed by atoms with van der Waals surface area (Å²) in [6, 6.07) is 7.62. The SMILES string of the molecule is O=C1OCC[C@@H]1Sc1nc2ccccc2c(=O)n1C1CCCC1. The number of aromatic nitrogens is 2. The first-order valence-electron chi connectivity index (χ1n) is 8.08. The zero-order valence-electron chi connectivity index (χ0n) is 12.7. The van der Waals surface area contributed by atoms with Crippen molar-refractivity contribution in [1.29, 1.82) is 0 Å². The third-order valence-corrected chi connectivity index (χ3v) is 5.81. The third-order valence-electron chi connectivity index (χ3n) is 4.60. The molecule has 0 N–H and O–H groups in total. The van der Waals surface area contributed by atoms with E-state index < -0.39 is 0 Å². The fourth-order valence-corrected chi connectivity index (χ4v) is 4.53. The molecule has 2 aromatic rings. The zero-order chi connectivity index (χ0) is 15.8. The van der Waals surface area contributed by atoms with Crippen LogP contribution in [0.3, 0.4) is 0 Å². The fraction of sp³-hybridized carbons (Fsp3) is 0.471. The van der Waals surface area contributed by atoms with Gasteiger partial charge >= 0.3 is 5.97 Å². The predicted octanol–water partition coefficient (Wildman–Crippen LogP) is 2.92. The molecule has 1 aliphatic heterocycles. The highest BCUT2D eigenvalue weighted by atomic mass is 32.2. The van der Waals surface area contributed by atoms with Gasteiger partial charge < -0.3 is 4.74 Å². The van der Waals surface area contributed by atoms with Crippen molar-refractivity contribution in [2.24, 2.45) is 0 Å². The van der Waals surface area contributed by atoms with Gasteiger partial charge in [0.25, 0.3) is 5.56 Å². The maximum absolute atomic E-state index is 13.0. The Balaban J connectivity index is 1.84. The van der Waals surface area contributed by atoms with Crippen molar-refractivity contribution in [2.75, 3.05) is 6.61 Å². The molecule has 5 nitrogen and oxygen atoms in total. The lowest BCUT2D eigenvalue weighted by Crippen LogP contribution is -2.27. The third kappa shape index (κ3) is 2.65. The molecule has 2 heterocycles. The molecule has 1 aliphatic carbocycles. The normalized spacial score (nSPS) is 21.9. The number of hydrogen-bond donors (Lipinski definition) is 0. The average Bonchev–Trinajstić information content (AvgIpc) is 3.20. The summed E-state index contributed by atoms with van der Waals surface area (Å²) in [6.07, 6.45) is 4.96. The molecule has 120 valence electrons. The molecule has 0 unspecified atom stereocenters. The highest BCUT2D eigenvalue weighted by molar-refractivity contribution is 8.00.